The Bertz CT molecular complexity index is 404. The van der Waals surface area contributed by atoms with Gasteiger partial charge < -0.3 is 0 Å². The number of rotatable bonds is 1. The molecule has 0 saturated heterocycles. The third-order valence-electron chi connectivity index (χ3n) is 1.55. The highest BCUT2D eigenvalue weighted by Gasteiger charge is 1.86. The SMILES string of the molecule is C/C(C=O)=C/C#Cc1ccc(Br)cc1. The van der Waals surface area contributed by atoms with E-state index in [4.69, 9.17) is 0 Å². The molecule has 1 nitrogen and oxygen atoms in total. The largest absolute Gasteiger partial charge is 0.298 e. The number of carbonyl (C=O) groups excluding carboxylic acids is 1. The van der Waals surface area contributed by atoms with Crippen LogP contribution in [0.5, 0.6) is 0 Å². The minimum atomic E-state index is 0.634. The lowest BCUT2D eigenvalue weighted by Crippen LogP contribution is -1.74. The first kappa shape index (κ1) is 10.7. The highest BCUT2D eigenvalue weighted by molar-refractivity contribution is 9.10. The van der Waals surface area contributed by atoms with Crippen LogP contribution in [0.15, 0.2) is 40.4 Å². The van der Waals surface area contributed by atoms with Gasteiger partial charge in [-0.25, -0.2) is 0 Å². The predicted octanol–water partition coefficient (Wildman–Crippen LogP) is 2.95. The van der Waals surface area contributed by atoms with Crippen LogP contribution >= 0.6 is 15.9 Å². The minimum Gasteiger partial charge on any atom is -0.298 e. The van der Waals surface area contributed by atoms with E-state index in [0.717, 1.165) is 16.3 Å². The second kappa shape index (κ2) is 5.41. The van der Waals surface area contributed by atoms with Gasteiger partial charge in [0.2, 0.25) is 0 Å². The molecule has 14 heavy (non-hydrogen) atoms. The summed E-state index contributed by atoms with van der Waals surface area (Å²) in [5.74, 6) is 5.74. The van der Waals surface area contributed by atoms with Gasteiger partial charge in [0.25, 0.3) is 0 Å². The van der Waals surface area contributed by atoms with Crippen molar-refractivity contribution in [2.75, 3.05) is 0 Å². The van der Waals surface area contributed by atoms with Crippen molar-refractivity contribution in [2.45, 2.75) is 6.92 Å². The van der Waals surface area contributed by atoms with Gasteiger partial charge in [-0.15, -0.1) is 0 Å². The quantitative estimate of drug-likeness (QED) is 0.425. The second-order valence-electron chi connectivity index (χ2n) is 2.78. The number of carbonyl (C=O) groups is 1. The normalized spacial score (nSPS) is 10.3. The van der Waals surface area contributed by atoms with Gasteiger partial charge in [0, 0.05) is 10.0 Å². The van der Waals surface area contributed by atoms with Gasteiger partial charge in [0.15, 0.2) is 0 Å². The molecular formula is C12H9BrO. The predicted molar refractivity (Wildman–Crippen MR) is 60.8 cm³/mol. The third-order valence-corrected chi connectivity index (χ3v) is 2.08. The molecule has 0 aliphatic heterocycles. The van der Waals surface area contributed by atoms with E-state index in [9.17, 15) is 4.79 Å². The van der Waals surface area contributed by atoms with Crippen molar-refractivity contribution in [3.8, 4) is 11.8 Å². The molecule has 0 fully saturated rings. The Morgan fingerprint density at radius 2 is 2.00 bits per heavy atom. The highest BCUT2D eigenvalue weighted by atomic mass is 79.9. The fourth-order valence-electron chi connectivity index (χ4n) is 0.800. The summed E-state index contributed by atoms with van der Waals surface area (Å²) in [5.41, 5.74) is 1.57. The molecule has 1 aromatic carbocycles. The molecule has 70 valence electrons. The average Bonchev–Trinajstić information content (AvgIpc) is 2.21. The fraction of sp³-hybridized carbons (Fsp3) is 0.0833. The van der Waals surface area contributed by atoms with E-state index < -0.39 is 0 Å². The Labute approximate surface area is 92.0 Å². The van der Waals surface area contributed by atoms with Crippen molar-refractivity contribution in [2.24, 2.45) is 0 Å². The molecule has 0 aromatic heterocycles. The molecule has 0 bridgehead atoms. The standard InChI is InChI=1S/C12H9BrO/c1-10(9-14)3-2-4-11-5-7-12(13)8-6-11/h3,5-9H,1H3/b10-3-. The summed E-state index contributed by atoms with van der Waals surface area (Å²) in [6.45, 7) is 1.73. The first-order valence-electron chi connectivity index (χ1n) is 4.11. The zero-order valence-electron chi connectivity index (χ0n) is 7.75. The van der Waals surface area contributed by atoms with E-state index in [0.29, 0.717) is 5.57 Å². The Morgan fingerprint density at radius 1 is 1.36 bits per heavy atom. The van der Waals surface area contributed by atoms with Crippen LogP contribution in [0.25, 0.3) is 0 Å². The van der Waals surface area contributed by atoms with Crippen molar-refractivity contribution in [3.05, 3.63) is 46.0 Å². The van der Waals surface area contributed by atoms with Gasteiger partial charge in [-0.05, 0) is 42.8 Å². The minimum absolute atomic E-state index is 0.634. The molecule has 0 saturated carbocycles. The Kier molecular flexibility index (Phi) is 4.15. The van der Waals surface area contributed by atoms with Gasteiger partial charge in [-0.2, -0.15) is 0 Å². The zero-order valence-corrected chi connectivity index (χ0v) is 9.34. The van der Waals surface area contributed by atoms with Crippen molar-refractivity contribution >= 4 is 22.2 Å². The van der Waals surface area contributed by atoms with E-state index in [2.05, 4.69) is 27.8 Å². The highest BCUT2D eigenvalue weighted by Crippen LogP contribution is 2.09. The lowest BCUT2D eigenvalue weighted by Gasteiger charge is -1.89. The first-order chi connectivity index (χ1) is 6.72. The van der Waals surface area contributed by atoms with Crippen LogP contribution in [0.3, 0.4) is 0 Å². The zero-order chi connectivity index (χ0) is 10.4. The molecule has 0 atom stereocenters. The maximum absolute atomic E-state index is 10.2. The molecule has 0 heterocycles. The van der Waals surface area contributed by atoms with Gasteiger partial charge in [-0.3, -0.25) is 4.79 Å². The van der Waals surface area contributed by atoms with Crippen molar-refractivity contribution in [3.63, 3.8) is 0 Å². The molecule has 0 N–H and O–H groups in total. The summed E-state index contributed by atoms with van der Waals surface area (Å²) in [4.78, 5) is 10.2. The summed E-state index contributed by atoms with van der Waals surface area (Å²) in [6, 6.07) is 7.70. The maximum atomic E-state index is 10.2. The Balaban J connectivity index is 2.78. The van der Waals surface area contributed by atoms with Crippen LogP contribution < -0.4 is 0 Å². The van der Waals surface area contributed by atoms with Crippen molar-refractivity contribution < 1.29 is 4.79 Å². The van der Waals surface area contributed by atoms with E-state index in [-0.39, 0.29) is 0 Å². The molecular weight excluding hydrogens is 240 g/mol. The van der Waals surface area contributed by atoms with E-state index in [1.807, 2.05) is 24.3 Å². The van der Waals surface area contributed by atoms with Crippen molar-refractivity contribution in [1.29, 1.82) is 0 Å². The summed E-state index contributed by atoms with van der Waals surface area (Å²) < 4.78 is 1.03. The van der Waals surface area contributed by atoms with E-state index in [1.165, 1.54) is 0 Å². The summed E-state index contributed by atoms with van der Waals surface area (Å²) in [5, 5.41) is 0. The molecule has 0 aliphatic rings. The average molecular weight is 249 g/mol. The number of aldehydes is 1. The van der Waals surface area contributed by atoms with Crippen LogP contribution in [0.2, 0.25) is 0 Å². The number of hydrogen-bond donors (Lipinski definition) is 0. The van der Waals surface area contributed by atoms with E-state index in [1.54, 1.807) is 13.0 Å². The summed E-state index contributed by atoms with van der Waals surface area (Å²) in [7, 11) is 0. The van der Waals surface area contributed by atoms with Gasteiger partial charge in [-0.1, -0.05) is 27.8 Å². The molecule has 0 radical (unpaired) electrons. The van der Waals surface area contributed by atoms with Crippen LogP contribution in [0.4, 0.5) is 0 Å². The smallest absolute Gasteiger partial charge is 0.146 e. The summed E-state index contributed by atoms with van der Waals surface area (Å²) in [6.07, 6.45) is 2.39. The topological polar surface area (TPSA) is 17.1 Å². The van der Waals surface area contributed by atoms with Gasteiger partial charge in [0.05, 0.1) is 0 Å². The van der Waals surface area contributed by atoms with E-state index >= 15 is 0 Å². The number of benzene rings is 1. The molecule has 1 rings (SSSR count). The number of hydrogen-bond acceptors (Lipinski definition) is 1. The molecule has 2 heteroatoms. The molecule has 0 spiro atoms. The number of allylic oxidation sites excluding steroid dienone is 2. The lowest BCUT2D eigenvalue weighted by atomic mass is 10.2. The van der Waals surface area contributed by atoms with Crippen LogP contribution in [0.1, 0.15) is 12.5 Å². The Hall–Kier alpha value is -1.33. The molecule has 0 unspecified atom stereocenters. The lowest BCUT2D eigenvalue weighted by molar-refractivity contribution is -0.104. The monoisotopic (exact) mass is 248 g/mol. The van der Waals surface area contributed by atoms with Crippen LogP contribution in [0, 0.1) is 11.8 Å². The van der Waals surface area contributed by atoms with Crippen molar-refractivity contribution in [1.82, 2.24) is 0 Å². The van der Waals surface area contributed by atoms with Gasteiger partial charge >= 0.3 is 0 Å². The Morgan fingerprint density at radius 3 is 2.57 bits per heavy atom. The fourth-order valence-corrected chi connectivity index (χ4v) is 1.06. The first-order valence-corrected chi connectivity index (χ1v) is 4.91. The summed E-state index contributed by atoms with van der Waals surface area (Å²) >= 11 is 3.34. The van der Waals surface area contributed by atoms with Crippen LogP contribution in [-0.2, 0) is 4.79 Å². The molecule has 0 aliphatic carbocycles. The number of halogens is 1. The molecule has 1 aromatic rings. The maximum Gasteiger partial charge on any atom is 0.146 e. The van der Waals surface area contributed by atoms with Gasteiger partial charge in [0.1, 0.15) is 6.29 Å². The second-order valence-corrected chi connectivity index (χ2v) is 3.70. The molecule has 0 amide bonds. The van der Waals surface area contributed by atoms with Crippen LogP contribution in [-0.4, -0.2) is 6.29 Å². The third kappa shape index (κ3) is 3.59.